The zero-order valence-corrected chi connectivity index (χ0v) is 40.1. The Morgan fingerprint density at radius 3 is 2.21 bits per heavy atom. The Morgan fingerprint density at radius 2 is 1.53 bits per heavy atom. The Labute approximate surface area is 415 Å². The summed E-state index contributed by atoms with van der Waals surface area (Å²) in [4.78, 5) is 27.1. The molecule has 0 saturated heterocycles. The Bertz CT molecular complexity index is 3290. The molecule has 27 nitrogen and oxygen atoms in total. The molecule has 0 bridgehead atoms. The summed E-state index contributed by atoms with van der Waals surface area (Å²) in [6.07, 6.45) is 2.85. The van der Waals surface area contributed by atoms with E-state index >= 15 is 0 Å². The number of benzene rings is 5. The molecule has 0 saturated carbocycles. The molecule has 0 aliphatic rings. The van der Waals surface area contributed by atoms with Crippen molar-refractivity contribution in [3.05, 3.63) is 88.7 Å². The van der Waals surface area contributed by atoms with Gasteiger partial charge in [-0.05, 0) is 94.2 Å². The number of aliphatic carboxylic acids is 1. The summed E-state index contributed by atoms with van der Waals surface area (Å²) in [6, 6.07) is 14.6. The Hall–Kier alpha value is -5.83. The molecule has 368 valence electrons. The van der Waals surface area contributed by atoms with Crippen LogP contribution in [0.25, 0.3) is 22.9 Å². The number of halogens is 1. The fourth-order valence-corrected chi connectivity index (χ4v) is 8.92. The number of aromatic nitrogens is 3. The van der Waals surface area contributed by atoms with E-state index in [0.717, 1.165) is 23.9 Å². The predicted octanol–water partition coefficient (Wildman–Crippen LogP) is 9.63. The molecule has 0 fully saturated rings. The summed E-state index contributed by atoms with van der Waals surface area (Å²) in [5.74, 6) is -2.98. The number of anilines is 3. The molecule has 0 radical (unpaired) electrons. The maximum Gasteiger partial charge on any atom is 0.313 e. The topological polar surface area (TPSA) is 398 Å². The number of fused-ring (bicyclic) bond motifs is 1. The third-order valence-electron chi connectivity index (χ3n) is 8.59. The molecule has 1 heterocycles. The first-order chi connectivity index (χ1) is 33.3. The summed E-state index contributed by atoms with van der Waals surface area (Å²) >= 11 is 11.1. The molecular formula is C36H28ClN9O18S6. The molecule has 70 heavy (non-hydrogen) atoms. The van der Waals surface area contributed by atoms with E-state index in [1.807, 2.05) is 0 Å². The van der Waals surface area contributed by atoms with Gasteiger partial charge in [-0.2, -0.15) is 36.9 Å². The lowest BCUT2D eigenvalue weighted by molar-refractivity contribution is -0.432. The van der Waals surface area contributed by atoms with Crippen LogP contribution >= 0.6 is 60.4 Å². The lowest BCUT2D eigenvalue weighted by atomic mass is 10.0. The second-order valence-corrected chi connectivity index (χ2v) is 18.8. The molecule has 0 amide bonds. The van der Waals surface area contributed by atoms with Crippen LogP contribution in [0, 0.1) is 6.92 Å². The number of hydrogen-bond donors (Lipinski definition) is 9. The molecule has 34 heteroatoms. The van der Waals surface area contributed by atoms with Gasteiger partial charge < -0.3 is 26.2 Å². The fraction of sp³-hybridized carbons (Fsp3) is 0.0556. The van der Waals surface area contributed by atoms with Crippen LogP contribution in [0.15, 0.2) is 112 Å². The van der Waals surface area contributed by atoms with Crippen molar-refractivity contribution in [1.82, 2.24) is 15.0 Å². The molecule has 1 aromatic heterocycles. The van der Waals surface area contributed by atoms with Crippen molar-refractivity contribution in [1.29, 1.82) is 0 Å². The van der Waals surface area contributed by atoms with Crippen LogP contribution in [0.2, 0.25) is 5.28 Å². The van der Waals surface area contributed by atoms with Gasteiger partial charge in [-0.15, -0.1) is 28.3 Å². The summed E-state index contributed by atoms with van der Waals surface area (Å²) in [5, 5.41) is 68.6. The summed E-state index contributed by atoms with van der Waals surface area (Å²) < 4.78 is 83.3. The van der Waals surface area contributed by atoms with Crippen molar-refractivity contribution in [2.24, 2.45) is 20.5 Å². The molecule has 0 atom stereocenters. The van der Waals surface area contributed by atoms with Crippen LogP contribution in [-0.2, 0) is 53.1 Å². The molecule has 0 aliphatic carbocycles. The highest BCUT2D eigenvalue weighted by Gasteiger charge is 2.26. The smallest absolute Gasteiger partial charge is 0.313 e. The van der Waals surface area contributed by atoms with E-state index in [4.69, 9.17) is 37.8 Å². The van der Waals surface area contributed by atoms with E-state index in [1.165, 1.54) is 60.7 Å². The number of rotatable bonds is 22. The van der Waals surface area contributed by atoms with E-state index < -0.39 is 59.7 Å². The number of thioether (sulfide) groups is 1. The molecule has 0 spiro atoms. The first kappa shape index (κ1) is 53.5. The monoisotopic (exact) mass is 1100 g/mol. The number of nitrogen functional groups attached to an aromatic ring is 1. The maximum absolute atomic E-state index is 12.8. The number of azo groups is 2. The predicted molar refractivity (Wildman–Crippen MR) is 251 cm³/mol. The van der Waals surface area contributed by atoms with Gasteiger partial charge in [0, 0.05) is 23.5 Å². The maximum atomic E-state index is 12.8. The van der Waals surface area contributed by atoms with Crippen LogP contribution in [0.5, 0.6) is 11.5 Å². The van der Waals surface area contributed by atoms with Gasteiger partial charge in [0.05, 0.1) is 51.5 Å². The second kappa shape index (κ2) is 23.9. The Balaban J connectivity index is 1.43. The largest absolute Gasteiger partial charge is 0.505 e. The van der Waals surface area contributed by atoms with Gasteiger partial charge >= 0.3 is 5.97 Å². The van der Waals surface area contributed by atoms with Gasteiger partial charge in [0.15, 0.2) is 16.6 Å². The number of aromatic hydroxyl groups is 1. The zero-order chi connectivity index (χ0) is 50.8. The number of carboxylic acids is 1. The molecule has 9 N–H and O–H groups in total. The van der Waals surface area contributed by atoms with Crippen LogP contribution in [0.3, 0.4) is 0 Å². The summed E-state index contributed by atoms with van der Waals surface area (Å²) in [6.45, 7) is 1.64. The average Bonchev–Trinajstić information content (AvgIpc) is 3.30. The molecule has 6 aromatic rings. The second-order valence-electron chi connectivity index (χ2n) is 13.1. The van der Waals surface area contributed by atoms with Gasteiger partial charge in [-0.3, -0.25) is 13.9 Å². The van der Waals surface area contributed by atoms with Gasteiger partial charge in [0.2, 0.25) is 17.0 Å². The molecule has 0 unspecified atom stereocenters. The molecule has 5 aromatic carbocycles. The number of aryl methyl sites for hydroxylation is 1. The van der Waals surface area contributed by atoms with Crippen LogP contribution in [0.1, 0.15) is 16.7 Å². The number of carbonyl (C=O) groups is 1. The number of carboxylic acid groups (broad SMARTS) is 1. The van der Waals surface area contributed by atoms with Gasteiger partial charge in [0.25, 0.3) is 20.2 Å². The lowest BCUT2D eigenvalue weighted by Crippen LogP contribution is -2.03. The van der Waals surface area contributed by atoms with Crippen molar-refractivity contribution in [2.45, 2.75) is 31.7 Å². The van der Waals surface area contributed by atoms with Crippen LogP contribution in [0.4, 0.5) is 40.1 Å². The van der Waals surface area contributed by atoms with E-state index in [2.05, 4.69) is 81.8 Å². The highest BCUT2D eigenvalue weighted by atomic mass is 35.5. The number of thiol groups is 1. The molecular weight excluding hydrogens is 1070 g/mol. The lowest BCUT2D eigenvalue weighted by Gasteiger charge is -2.14. The molecule has 0 aliphatic heterocycles. The number of phenolic OH excluding ortho intramolecular Hbond substituents is 1. The standard InChI is InChI=1S/C36H28ClN9O18S6/c1-16-2-3-18(26(10-16)69(52,53)54)5-4-17-6-7-21(14-25(17)68-64-60-51)43-45-31-23(58-61-62-65)11-19-12-27(70(55,56)57)32(30(38)29(19)33(31)49)46-44-22-13-20(8-9-24(22)67-63-59-50)39-35-40-34(37)41-36(42-35)66-15-28(47)48/h2-14,49-51,65H,15,38H2,1H3,(H,47,48)(H,52,53,54)(H,55,56,57)(H,39,40,41,42). The Kier molecular flexibility index (Phi) is 18.2. The number of hydrogen-bond acceptors (Lipinski definition) is 28. The van der Waals surface area contributed by atoms with Crippen molar-refractivity contribution in [3.63, 3.8) is 0 Å². The highest BCUT2D eigenvalue weighted by molar-refractivity contribution is 7.99. The highest BCUT2D eigenvalue weighted by Crippen LogP contribution is 2.50. The van der Waals surface area contributed by atoms with E-state index in [9.17, 15) is 35.8 Å². The fourth-order valence-electron chi connectivity index (χ4n) is 5.77. The van der Waals surface area contributed by atoms with Crippen LogP contribution in [-0.4, -0.2) is 73.3 Å². The van der Waals surface area contributed by atoms with Crippen molar-refractivity contribution in [3.8, 4) is 11.5 Å². The van der Waals surface area contributed by atoms with Gasteiger partial charge in [-0.1, -0.05) is 52.2 Å². The number of nitrogens with zero attached hydrogens (tertiary/aromatic N) is 7. The summed E-state index contributed by atoms with van der Waals surface area (Å²) in [7, 11) is -9.81. The normalized spacial score (nSPS) is 12.2. The number of phenols is 1. The Morgan fingerprint density at radius 1 is 0.843 bits per heavy atom. The minimum absolute atomic E-state index is 0.0308. The summed E-state index contributed by atoms with van der Waals surface area (Å²) in [5.41, 5.74) is 5.74. The SMILES string of the molecule is Cc1ccc(C=Cc2ccc(N=Nc3c(OOOS)cc4cc(S(=O)(=O)O)c(N=Nc5cc(Nc6nc(Cl)nc(SCC(=O)O)n6)ccc5SOOO)c(N)c4c3O)cc2SOOO)c(S(=O)(=O)O)c1. The molecule has 6 rings (SSSR count). The van der Waals surface area contributed by atoms with Crippen molar-refractivity contribution < 1.29 is 84.5 Å². The third kappa shape index (κ3) is 13.9. The van der Waals surface area contributed by atoms with Gasteiger partial charge in [-0.25, -0.2) is 10.5 Å². The minimum atomic E-state index is -5.20. The number of nitrogens with one attached hydrogen (secondary N) is 1. The first-order valence-electron chi connectivity index (χ1n) is 18.2. The minimum Gasteiger partial charge on any atom is -0.505 e. The zero-order valence-electron chi connectivity index (χ0n) is 34.4. The van der Waals surface area contributed by atoms with Crippen LogP contribution < -0.4 is 15.9 Å². The quantitative estimate of drug-likeness (QED) is 0.00351. The van der Waals surface area contributed by atoms with Crippen molar-refractivity contribution in [2.75, 3.05) is 16.8 Å². The van der Waals surface area contributed by atoms with E-state index in [1.54, 1.807) is 13.0 Å². The van der Waals surface area contributed by atoms with E-state index in [-0.39, 0.29) is 70.2 Å². The third-order valence-corrected chi connectivity index (χ3v) is 12.7. The average molecular weight is 1100 g/mol. The van der Waals surface area contributed by atoms with Crippen molar-refractivity contribution >= 4 is 150 Å². The number of nitrogens with two attached hydrogens (primary N) is 1. The van der Waals surface area contributed by atoms with Gasteiger partial charge in [0.1, 0.15) is 21.2 Å². The van der Waals surface area contributed by atoms with E-state index in [0.29, 0.717) is 35.2 Å². The first-order valence-corrected chi connectivity index (χ1v) is 24.3.